The lowest BCUT2D eigenvalue weighted by molar-refractivity contribution is 0.193. The molecule has 1 saturated heterocycles. The van der Waals surface area contributed by atoms with Crippen LogP contribution in [0.5, 0.6) is 5.75 Å². The van der Waals surface area contributed by atoms with Gasteiger partial charge in [-0.3, -0.25) is 0 Å². The summed E-state index contributed by atoms with van der Waals surface area (Å²) >= 11 is 1.58. The summed E-state index contributed by atoms with van der Waals surface area (Å²) in [4.78, 5) is 7.97. The molecule has 39 heavy (non-hydrogen) atoms. The monoisotopic (exact) mass is 564 g/mol. The van der Waals surface area contributed by atoms with Gasteiger partial charge in [-0.25, -0.2) is 18.1 Å². The Balaban J connectivity index is 1.31. The van der Waals surface area contributed by atoms with Gasteiger partial charge in [-0.2, -0.15) is 5.26 Å². The Hall–Kier alpha value is -2.77. The number of piperidine rings is 1. The lowest BCUT2D eigenvalue weighted by atomic mass is 10.0. The van der Waals surface area contributed by atoms with Crippen LogP contribution in [0.2, 0.25) is 0 Å². The minimum absolute atomic E-state index is 0.0126. The summed E-state index contributed by atoms with van der Waals surface area (Å²) in [5, 5.41) is 10.4. The number of aromatic nitrogens is 1. The number of ether oxygens (including phenoxy) is 1. The topological polar surface area (TPSA) is 95.3 Å². The van der Waals surface area contributed by atoms with Crippen LogP contribution in [-0.4, -0.2) is 49.8 Å². The number of hydrogen-bond donors (Lipinski definition) is 1. The third-order valence-corrected chi connectivity index (χ3v) is 9.93. The molecule has 3 aromatic rings. The van der Waals surface area contributed by atoms with Crippen LogP contribution < -0.4 is 9.46 Å². The van der Waals surface area contributed by atoms with E-state index in [2.05, 4.69) is 33.7 Å². The van der Waals surface area contributed by atoms with E-state index < -0.39 is 10.0 Å². The van der Waals surface area contributed by atoms with Crippen LogP contribution in [0.25, 0.3) is 21.0 Å². The average molecular weight is 565 g/mol. The van der Waals surface area contributed by atoms with E-state index in [-0.39, 0.29) is 17.9 Å². The normalized spacial score (nSPS) is 19.7. The van der Waals surface area contributed by atoms with E-state index in [1.54, 1.807) is 11.3 Å². The van der Waals surface area contributed by atoms with Crippen LogP contribution >= 0.6 is 11.3 Å². The fourth-order valence-electron chi connectivity index (χ4n) is 5.66. The predicted octanol–water partition coefficient (Wildman–Crippen LogP) is 5.77. The molecule has 206 valence electrons. The van der Waals surface area contributed by atoms with E-state index in [0.717, 1.165) is 58.9 Å². The molecule has 2 aromatic carbocycles. The highest BCUT2D eigenvalue weighted by molar-refractivity contribution is 7.89. The summed E-state index contributed by atoms with van der Waals surface area (Å²) < 4.78 is 34.7. The highest BCUT2D eigenvalue weighted by Crippen LogP contribution is 2.41. The molecule has 5 rings (SSSR count). The van der Waals surface area contributed by atoms with Gasteiger partial charge in [-0.05, 0) is 86.9 Å². The van der Waals surface area contributed by atoms with Gasteiger partial charge in [-0.1, -0.05) is 25.1 Å². The molecule has 1 aliphatic carbocycles. The summed E-state index contributed by atoms with van der Waals surface area (Å²) in [6.07, 6.45) is 5.79. The van der Waals surface area contributed by atoms with Crippen molar-refractivity contribution in [2.75, 3.05) is 25.4 Å². The summed E-state index contributed by atoms with van der Waals surface area (Å²) in [6.45, 7) is 8.66. The fraction of sp³-hybridized carbons (Fsp3) is 0.467. The number of sulfonamides is 1. The zero-order valence-corrected chi connectivity index (χ0v) is 24.4. The molecular formula is C30H36N4O3S2. The van der Waals surface area contributed by atoms with Crippen molar-refractivity contribution < 1.29 is 13.2 Å². The van der Waals surface area contributed by atoms with E-state index in [1.165, 1.54) is 12.0 Å². The van der Waals surface area contributed by atoms with Gasteiger partial charge in [-0.15, -0.1) is 11.3 Å². The molecule has 1 aromatic heterocycles. The van der Waals surface area contributed by atoms with Crippen molar-refractivity contribution in [3.8, 4) is 32.8 Å². The third-order valence-electron chi connectivity index (χ3n) is 7.49. The van der Waals surface area contributed by atoms with E-state index in [9.17, 15) is 13.7 Å². The number of fused-ring (bicyclic) bond motifs is 1. The van der Waals surface area contributed by atoms with E-state index >= 15 is 0 Å². The maximum absolute atomic E-state index is 13.0. The Bertz CT molecular complexity index is 1480. The lowest BCUT2D eigenvalue weighted by Gasteiger charge is -2.30. The summed E-state index contributed by atoms with van der Waals surface area (Å²) in [5.74, 6) is 1.34. The molecule has 0 radical (unpaired) electrons. The number of nitrogens with one attached hydrogen (secondary N) is 1. The molecule has 2 heterocycles. The second-order valence-electron chi connectivity index (χ2n) is 11.0. The van der Waals surface area contributed by atoms with Crippen molar-refractivity contribution in [3.05, 3.63) is 59.3 Å². The van der Waals surface area contributed by atoms with Crippen LogP contribution in [0.4, 0.5) is 0 Å². The molecule has 2 atom stereocenters. The first-order valence-electron chi connectivity index (χ1n) is 13.7. The maximum atomic E-state index is 13.0. The number of nitrogens with zero attached hydrogens (tertiary/aromatic N) is 3. The number of nitriles is 1. The summed E-state index contributed by atoms with van der Waals surface area (Å²) in [6, 6.07) is 13.7. The van der Waals surface area contributed by atoms with Gasteiger partial charge in [0.2, 0.25) is 10.0 Å². The van der Waals surface area contributed by atoms with Gasteiger partial charge in [0.1, 0.15) is 16.8 Å². The van der Waals surface area contributed by atoms with Gasteiger partial charge < -0.3 is 9.64 Å². The SMILES string of the molecule is CC(C)Oc1ccc(-c2ncc(-c3cccc4c3CC[C@H]4NS(=O)(=O)CCN3CCC[C@@H](C)C3)s2)cc1C#N. The molecule has 1 N–H and O–H groups in total. The second-order valence-corrected chi connectivity index (χ2v) is 13.9. The van der Waals surface area contributed by atoms with Crippen molar-refractivity contribution in [2.24, 2.45) is 5.92 Å². The number of rotatable bonds is 9. The molecule has 0 bridgehead atoms. The molecule has 7 nitrogen and oxygen atoms in total. The van der Waals surface area contributed by atoms with E-state index in [4.69, 9.17) is 4.74 Å². The molecule has 0 spiro atoms. The van der Waals surface area contributed by atoms with Gasteiger partial charge in [0, 0.05) is 30.9 Å². The largest absolute Gasteiger partial charge is 0.490 e. The van der Waals surface area contributed by atoms with Crippen LogP contribution in [0.1, 0.15) is 62.8 Å². The first kappa shape index (κ1) is 27.8. The zero-order valence-electron chi connectivity index (χ0n) is 22.8. The molecule has 9 heteroatoms. The van der Waals surface area contributed by atoms with Gasteiger partial charge in [0.25, 0.3) is 0 Å². The minimum Gasteiger partial charge on any atom is -0.490 e. The second kappa shape index (κ2) is 11.8. The van der Waals surface area contributed by atoms with Crippen molar-refractivity contribution in [1.82, 2.24) is 14.6 Å². The van der Waals surface area contributed by atoms with Crippen LogP contribution in [0.3, 0.4) is 0 Å². The molecule has 0 unspecified atom stereocenters. The Morgan fingerprint density at radius 1 is 1.26 bits per heavy atom. The van der Waals surface area contributed by atoms with Crippen LogP contribution in [-0.2, 0) is 16.4 Å². The zero-order chi connectivity index (χ0) is 27.6. The van der Waals surface area contributed by atoms with Gasteiger partial charge >= 0.3 is 0 Å². The fourth-order valence-corrected chi connectivity index (χ4v) is 7.92. The maximum Gasteiger partial charge on any atom is 0.213 e. The molecule has 0 saturated carbocycles. The van der Waals surface area contributed by atoms with Crippen molar-refractivity contribution in [2.45, 2.75) is 58.6 Å². The Labute approximate surface area is 235 Å². The van der Waals surface area contributed by atoms with Crippen molar-refractivity contribution in [3.63, 3.8) is 0 Å². The summed E-state index contributed by atoms with van der Waals surface area (Å²) in [7, 11) is -3.39. The Morgan fingerprint density at radius 2 is 2.10 bits per heavy atom. The smallest absolute Gasteiger partial charge is 0.213 e. The summed E-state index contributed by atoms with van der Waals surface area (Å²) in [5.41, 5.74) is 4.70. The molecule has 2 aliphatic rings. The van der Waals surface area contributed by atoms with Crippen LogP contribution in [0, 0.1) is 17.2 Å². The predicted molar refractivity (Wildman–Crippen MR) is 156 cm³/mol. The standard InChI is InChI=1S/C30H36N4O3S2/c1-20(2)37-28-12-9-22(16-23(28)17-31)30-32-18-29(38-30)26-8-4-7-25-24(26)10-11-27(25)33-39(35,36)15-14-34-13-5-6-21(3)19-34/h4,7-9,12,16,18,20-21,27,33H,5-6,10-11,13-15,19H2,1-3H3/t21-,27-/m1/s1. The molecule has 1 fully saturated rings. The number of hydrogen-bond acceptors (Lipinski definition) is 7. The van der Waals surface area contributed by atoms with Crippen LogP contribution in [0.15, 0.2) is 42.6 Å². The third kappa shape index (κ3) is 6.52. The number of likely N-dealkylation sites (tertiary alicyclic amines) is 1. The Kier molecular flexibility index (Phi) is 8.38. The van der Waals surface area contributed by atoms with E-state index in [0.29, 0.717) is 23.8 Å². The average Bonchev–Trinajstić information content (AvgIpc) is 3.55. The number of benzene rings is 2. The Morgan fingerprint density at radius 3 is 2.87 bits per heavy atom. The quantitative estimate of drug-likeness (QED) is 0.354. The molecule has 0 amide bonds. The molecule has 1 aliphatic heterocycles. The lowest BCUT2D eigenvalue weighted by Crippen LogP contribution is -2.40. The first-order chi connectivity index (χ1) is 18.7. The highest BCUT2D eigenvalue weighted by atomic mass is 32.2. The number of thiazole rings is 1. The van der Waals surface area contributed by atoms with Crippen molar-refractivity contribution in [1.29, 1.82) is 5.26 Å². The first-order valence-corrected chi connectivity index (χ1v) is 16.2. The van der Waals surface area contributed by atoms with Crippen molar-refractivity contribution >= 4 is 21.4 Å². The minimum atomic E-state index is -3.39. The van der Waals surface area contributed by atoms with E-state index in [1.807, 2.05) is 50.4 Å². The van der Waals surface area contributed by atoms with Gasteiger partial charge in [0.15, 0.2) is 0 Å². The highest BCUT2D eigenvalue weighted by Gasteiger charge is 2.29. The van der Waals surface area contributed by atoms with Gasteiger partial charge in [0.05, 0.1) is 22.3 Å². The molecular weight excluding hydrogens is 528 g/mol.